The summed E-state index contributed by atoms with van der Waals surface area (Å²) >= 11 is 0. The summed E-state index contributed by atoms with van der Waals surface area (Å²) in [6.45, 7) is 5.80. The normalized spacial score (nSPS) is 12.6. The zero-order valence-electron chi connectivity index (χ0n) is 15.3. The number of para-hydroxylation sites is 1. The van der Waals surface area contributed by atoms with Crippen molar-refractivity contribution in [3.8, 4) is 17.1 Å². The Balaban J connectivity index is 1.62. The van der Waals surface area contributed by atoms with Gasteiger partial charge in [0.1, 0.15) is 5.75 Å². The van der Waals surface area contributed by atoms with E-state index in [9.17, 15) is 4.79 Å². The summed E-state index contributed by atoms with van der Waals surface area (Å²) < 4.78 is 12.9. The molecule has 1 unspecified atom stereocenters. The number of rotatable bonds is 5. The van der Waals surface area contributed by atoms with E-state index < -0.39 is 0 Å². The van der Waals surface area contributed by atoms with Gasteiger partial charge in [0.05, 0.1) is 11.0 Å². The maximum Gasteiger partial charge on any atom is 0.326 e. The van der Waals surface area contributed by atoms with E-state index in [2.05, 4.69) is 15.1 Å². The highest BCUT2D eigenvalue weighted by molar-refractivity contribution is 5.80. The second-order valence-electron chi connectivity index (χ2n) is 6.66. The first-order valence-electron chi connectivity index (χ1n) is 8.83. The van der Waals surface area contributed by atoms with Crippen molar-refractivity contribution in [1.29, 1.82) is 0 Å². The van der Waals surface area contributed by atoms with Gasteiger partial charge in [-0.3, -0.25) is 4.57 Å². The summed E-state index contributed by atoms with van der Waals surface area (Å²) in [4.78, 5) is 19.5. The topological polar surface area (TPSA) is 85.9 Å². The minimum atomic E-state index is -0.376. The van der Waals surface area contributed by atoms with Crippen molar-refractivity contribution in [3.05, 3.63) is 64.9 Å². The predicted molar refractivity (Wildman–Crippen MR) is 102 cm³/mol. The Morgan fingerprint density at radius 3 is 2.63 bits per heavy atom. The summed E-state index contributed by atoms with van der Waals surface area (Å²) in [5.41, 5.74) is 2.23. The number of benzene rings is 2. The van der Waals surface area contributed by atoms with Crippen molar-refractivity contribution in [2.75, 3.05) is 0 Å². The lowest BCUT2D eigenvalue weighted by molar-refractivity contribution is 0.176. The minimum Gasteiger partial charge on any atom is -0.481 e. The number of aromatic nitrogens is 4. The van der Waals surface area contributed by atoms with Crippen LogP contribution in [0, 0.1) is 0 Å². The molecule has 2 heterocycles. The number of hydrogen-bond acceptors (Lipinski definition) is 5. The highest BCUT2D eigenvalue weighted by Crippen LogP contribution is 2.25. The van der Waals surface area contributed by atoms with E-state index in [-0.39, 0.29) is 17.8 Å². The molecule has 0 amide bonds. The average Bonchev–Trinajstić information content (AvgIpc) is 3.25. The molecule has 27 heavy (non-hydrogen) atoms. The first-order valence-corrected chi connectivity index (χ1v) is 8.83. The summed E-state index contributed by atoms with van der Waals surface area (Å²) in [6.07, 6.45) is -0.376. The van der Waals surface area contributed by atoms with Gasteiger partial charge < -0.3 is 14.2 Å². The molecule has 0 radical (unpaired) electrons. The van der Waals surface area contributed by atoms with Crippen molar-refractivity contribution >= 4 is 11.0 Å². The molecule has 4 aromatic rings. The summed E-state index contributed by atoms with van der Waals surface area (Å²) in [5, 5.41) is 4.06. The van der Waals surface area contributed by atoms with Crippen LogP contribution in [0.1, 0.15) is 38.8 Å². The fourth-order valence-corrected chi connectivity index (χ4v) is 3.05. The number of nitrogens with zero attached hydrogens (tertiary/aromatic N) is 3. The molecule has 7 heteroatoms. The number of aromatic amines is 1. The van der Waals surface area contributed by atoms with Crippen LogP contribution in [0.25, 0.3) is 22.4 Å². The third-order valence-electron chi connectivity index (χ3n) is 4.34. The molecule has 0 aliphatic rings. The van der Waals surface area contributed by atoms with Crippen molar-refractivity contribution in [1.82, 2.24) is 19.7 Å². The van der Waals surface area contributed by atoms with Crippen molar-refractivity contribution in [2.45, 2.75) is 32.9 Å². The molecule has 7 nitrogen and oxygen atoms in total. The van der Waals surface area contributed by atoms with Crippen LogP contribution in [0.3, 0.4) is 0 Å². The molecule has 0 saturated heterocycles. The first-order chi connectivity index (χ1) is 13.0. The van der Waals surface area contributed by atoms with E-state index in [0.717, 1.165) is 22.3 Å². The Bertz CT molecular complexity index is 1130. The highest BCUT2D eigenvalue weighted by atomic mass is 16.5. The Kier molecular flexibility index (Phi) is 4.27. The van der Waals surface area contributed by atoms with Gasteiger partial charge in [-0.2, -0.15) is 4.98 Å². The number of H-pyrrole nitrogens is 1. The van der Waals surface area contributed by atoms with E-state index >= 15 is 0 Å². The van der Waals surface area contributed by atoms with Gasteiger partial charge >= 0.3 is 5.69 Å². The van der Waals surface area contributed by atoms with Gasteiger partial charge in [0.25, 0.3) is 5.89 Å². The highest BCUT2D eigenvalue weighted by Gasteiger charge is 2.18. The smallest absolute Gasteiger partial charge is 0.326 e. The molecule has 0 bridgehead atoms. The fraction of sp³-hybridized carbons (Fsp3) is 0.250. The lowest BCUT2D eigenvalue weighted by atomic mass is 10.2. The van der Waals surface area contributed by atoms with Gasteiger partial charge in [0.2, 0.25) is 5.82 Å². The summed E-state index contributed by atoms with van der Waals surface area (Å²) in [5.74, 6) is 1.58. The van der Waals surface area contributed by atoms with E-state index in [1.54, 1.807) is 4.57 Å². The maximum atomic E-state index is 12.1. The molecule has 1 N–H and O–H groups in total. The third kappa shape index (κ3) is 3.23. The Hall–Kier alpha value is -3.35. The number of nitrogens with one attached hydrogen (secondary N) is 1. The van der Waals surface area contributed by atoms with Crippen LogP contribution in [0.15, 0.2) is 57.8 Å². The number of imidazole rings is 1. The van der Waals surface area contributed by atoms with Crippen LogP contribution < -0.4 is 10.4 Å². The van der Waals surface area contributed by atoms with Crippen molar-refractivity contribution < 1.29 is 9.26 Å². The van der Waals surface area contributed by atoms with Crippen LogP contribution >= 0.6 is 0 Å². The Morgan fingerprint density at radius 1 is 1.11 bits per heavy atom. The van der Waals surface area contributed by atoms with Gasteiger partial charge in [-0.15, -0.1) is 0 Å². The Morgan fingerprint density at radius 2 is 1.89 bits per heavy atom. The molecule has 2 aromatic heterocycles. The number of ether oxygens (including phenoxy) is 1. The van der Waals surface area contributed by atoms with Gasteiger partial charge in [-0.1, -0.05) is 23.4 Å². The van der Waals surface area contributed by atoms with Gasteiger partial charge in [-0.05, 0) is 51.1 Å². The molecule has 0 aliphatic carbocycles. The second-order valence-corrected chi connectivity index (χ2v) is 6.66. The first kappa shape index (κ1) is 17.1. The van der Waals surface area contributed by atoms with E-state index in [1.807, 2.05) is 69.3 Å². The monoisotopic (exact) mass is 364 g/mol. The molecular weight excluding hydrogens is 344 g/mol. The SMILES string of the molecule is CC(Oc1ccccc1)c1nc(-c2ccc3c(c2)[nH]c(=O)n3C(C)C)no1. The summed E-state index contributed by atoms with van der Waals surface area (Å²) in [6, 6.07) is 15.2. The summed E-state index contributed by atoms with van der Waals surface area (Å²) in [7, 11) is 0. The van der Waals surface area contributed by atoms with Crippen LogP contribution in [0.5, 0.6) is 5.75 Å². The molecule has 2 aromatic carbocycles. The average molecular weight is 364 g/mol. The third-order valence-corrected chi connectivity index (χ3v) is 4.34. The molecule has 4 rings (SSSR count). The minimum absolute atomic E-state index is 0.0739. The van der Waals surface area contributed by atoms with Crippen LogP contribution in [-0.4, -0.2) is 19.7 Å². The van der Waals surface area contributed by atoms with Gasteiger partial charge in [-0.25, -0.2) is 4.79 Å². The fourth-order valence-electron chi connectivity index (χ4n) is 3.05. The molecule has 0 spiro atoms. The second kappa shape index (κ2) is 6.75. The molecule has 1 atom stereocenters. The van der Waals surface area contributed by atoms with Crippen LogP contribution in [0.4, 0.5) is 0 Å². The standard InChI is InChI=1S/C20H20N4O3/c1-12(2)24-17-10-9-14(11-16(17)21-20(24)25)18-22-19(27-23-18)13(3)26-15-7-5-4-6-8-15/h4-13H,1-3H3,(H,21,25). The molecular formula is C20H20N4O3. The lowest BCUT2D eigenvalue weighted by Gasteiger charge is -2.09. The molecule has 138 valence electrons. The van der Waals surface area contributed by atoms with Crippen LogP contribution in [-0.2, 0) is 0 Å². The zero-order valence-corrected chi connectivity index (χ0v) is 15.3. The largest absolute Gasteiger partial charge is 0.481 e. The quantitative estimate of drug-likeness (QED) is 0.576. The van der Waals surface area contributed by atoms with Crippen molar-refractivity contribution in [3.63, 3.8) is 0 Å². The van der Waals surface area contributed by atoms with E-state index in [4.69, 9.17) is 9.26 Å². The zero-order chi connectivity index (χ0) is 19.0. The molecule has 0 fully saturated rings. The van der Waals surface area contributed by atoms with Gasteiger partial charge in [0, 0.05) is 11.6 Å². The predicted octanol–water partition coefficient (Wildman–Crippen LogP) is 4.10. The van der Waals surface area contributed by atoms with Crippen LogP contribution in [0.2, 0.25) is 0 Å². The lowest BCUT2D eigenvalue weighted by Crippen LogP contribution is -2.18. The Labute approximate surface area is 155 Å². The van der Waals surface area contributed by atoms with E-state index in [1.165, 1.54) is 0 Å². The number of hydrogen-bond donors (Lipinski definition) is 1. The number of fused-ring (bicyclic) bond motifs is 1. The van der Waals surface area contributed by atoms with E-state index in [0.29, 0.717) is 11.7 Å². The molecule has 0 aliphatic heterocycles. The molecule has 0 saturated carbocycles. The maximum absolute atomic E-state index is 12.1. The van der Waals surface area contributed by atoms with Crippen molar-refractivity contribution in [2.24, 2.45) is 0 Å². The van der Waals surface area contributed by atoms with Gasteiger partial charge in [0.15, 0.2) is 6.10 Å².